The molecule has 0 unspecified atom stereocenters. The maximum absolute atomic E-state index is 12.2. The van der Waals surface area contributed by atoms with Crippen molar-refractivity contribution in [3.63, 3.8) is 0 Å². The van der Waals surface area contributed by atoms with Gasteiger partial charge in [0.2, 0.25) is 0 Å². The van der Waals surface area contributed by atoms with Gasteiger partial charge in [-0.3, -0.25) is 4.79 Å². The number of hydrogen-bond acceptors (Lipinski definition) is 6. The van der Waals surface area contributed by atoms with Gasteiger partial charge in [-0.15, -0.1) is 0 Å². The predicted molar refractivity (Wildman–Crippen MR) is 99.1 cm³/mol. The molecule has 0 radical (unpaired) electrons. The average Bonchev–Trinajstić information content (AvgIpc) is 3.09. The smallest absolute Gasteiger partial charge is 0.270 e. The topological polar surface area (TPSA) is 71.0 Å². The zero-order chi connectivity index (χ0) is 17.2. The van der Waals surface area contributed by atoms with Gasteiger partial charge in [-0.2, -0.15) is 0 Å². The maximum Gasteiger partial charge on any atom is 0.270 e. The van der Waals surface area contributed by atoms with Crippen molar-refractivity contribution >= 4 is 32.6 Å². The van der Waals surface area contributed by atoms with Gasteiger partial charge >= 0.3 is 0 Å². The van der Waals surface area contributed by atoms with Crippen molar-refractivity contribution in [2.24, 2.45) is 0 Å². The highest BCUT2D eigenvalue weighted by Gasteiger charge is 2.23. The Kier molecular flexibility index (Phi) is 4.31. The molecule has 1 N–H and O–H groups in total. The summed E-state index contributed by atoms with van der Waals surface area (Å²) in [6.45, 7) is 3.89. The number of aryl methyl sites for hydroxylation is 1. The van der Waals surface area contributed by atoms with E-state index in [0.29, 0.717) is 5.69 Å². The number of para-hydroxylation sites is 1. The first-order chi connectivity index (χ1) is 12.2. The summed E-state index contributed by atoms with van der Waals surface area (Å²) in [5.74, 6) is -0.128. The van der Waals surface area contributed by atoms with Gasteiger partial charge in [-0.25, -0.2) is 15.0 Å². The predicted octanol–water partition coefficient (Wildman–Crippen LogP) is 2.79. The van der Waals surface area contributed by atoms with E-state index in [-0.39, 0.29) is 11.9 Å². The molecule has 1 amide bonds. The lowest BCUT2D eigenvalue weighted by atomic mass is 10.1. The standard InChI is InChI=1S/C18H19N5OS/c1-12-3-2-4-15-16(12)22-18(25-15)23-9-6-13(7-10-23)21-17(24)14-5-8-19-11-20-14/h2-5,8,11,13H,6-7,9-10H2,1H3,(H,21,24). The Morgan fingerprint density at radius 2 is 2.12 bits per heavy atom. The minimum atomic E-state index is -0.128. The summed E-state index contributed by atoms with van der Waals surface area (Å²) in [7, 11) is 0. The Hall–Kier alpha value is -2.54. The number of nitrogens with zero attached hydrogens (tertiary/aromatic N) is 4. The summed E-state index contributed by atoms with van der Waals surface area (Å²) < 4.78 is 1.23. The molecule has 3 heterocycles. The van der Waals surface area contributed by atoms with Crippen molar-refractivity contribution in [2.75, 3.05) is 18.0 Å². The molecule has 6 nitrogen and oxygen atoms in total. The van der Waals surface area contributed by atoms with Crippen LogP contribution in [0.3, 0.4) is 0 Å². The molecule has 2 aromatic heterocycles. The molecule has 0 saturated carbocycles. The van der Waals surface area contributed by atoms with Gasteiger partial charge in [-0.05, 0) is 37.5 Å². The number of carbonyl (C=O) groups is 1. The van der Waals surface area contributed by atoms with Gasteiger partial charge in [-0.1, -0.05) is 23.5 Å². The van der Waals surface area contributed by atoms with Crippen LogP contribution in [0.15, 0.2) is 36.8 Å². The Morgan fingerprint density at radius 3 is 2.84 bits per heavy atom. The molecule has 1 aliphatic heterocycles. The molecule has 128 valence electrons. The van der Waals surface area contributed by atoms with E-state index in [1.54, 1.807) is 23.6 Å². The zero-order valence-corrected chi connectivity index (χ0v) is 14.8. The minimum Gasteiger partial charge on any atom is -0.348 e. The molecule has 0 spiro atoms. The lowest BCUT2D eigenvalue weighted by Crippen LogP contribution is -2.44. The van der Waals surface area contributed by atoms with E-state index >= 15 is 0 Å². The van der Waals surface area contributed by atoms with Gasteiger partial charge in [0.1, 0.15) is 12.0 Å². The molecule has 4 rings (SSSR count). The highest BCUT2D eigenvalue weighted by Crippen LogP contribution is 2.31. The van der Waals surface area contributed by atoms with Crippen LogP contribution in [0, 0.1) is 6.92 Å². The van der Waals surface area contributed by atoms with Crippen LogP contribution in [0.25, 0.3) is 10.2 Å². The number of thiazole rings is 1. The Labute approximate surface area is 149 Å². The second kappa shape index (κ2) is 6.76. The molecule has 1 aromatic carbocycles. The van der Waals surface area contributed by atoms with Crippen molar-refractivity contribution < 1.29 is 4.79 Å². The molecule has 3 aromatic rings. The minimum absolute atomic E-state index is 0.128. The normalized spacial score (nSPS) is 15.5. The molecule has 1 saturated heterocycles. The van der Waals surface area contributed by atoms with Crippen LogP contribution in [-0.2, 0) is 0 Å². The summed E-state index contributed by atoms with van der Waals surface area (Å²) in [6.07, 6.45) is 4.80. The van der Waals surface area contributed by atoms with Crippen molar-refractivity contribution in [1.29, 1.82) is 0 Å². The van der Waals surface area contributed by atoms with Gasteiger partial charge in [0, 0.05) is 25.3 Å². The van der Waals surface area contributed by atoms with Gasteiger partial charge < -0.3 is 10.2 Å². The van der Waals surface area contributed by atoms with Crippen LogP contribution in [-0.4, -0.2) is 40.0 Å². The molecule has 1 fully saturated rings. The Bertz CT molecular complexity index is 887. The quantitative estimate of drug-likeness (QED) is 0.784. The summed E-state index contributed by atoms with van der Waals surface area (Å²) >= 11 is 1.74. The third kappa shape index (κ3) is 3.32. The SMILES string of the molecule is Cc1cccc2sc(N3CCC(NC(=O)c4ccncn4)CC3)nc12. The molecule has 25 heavy (non-hydrogen) atoms. The molecule has 7 heteroatoms. The second-order valence-electron chi connectivity index (χ2n) is 6.25. The van der Waals surface area contributed by atoms with Crippen LogP contribution in [0.5, 0.6) is 0 Å². The van der Waals surface area contributed by atoms with Crippen LogP contribution in [0.2, 0.25) is 0 Å². The number of hydrogen-bond donors (Lipinski definition) is 1. The van der Waals surface area contributed by atoms with Crippen molar-refractivity contribution in [3.8, 4) is 0 Å². The van der Waals surface area contributed by atoms with Crippen LogP contribution in [0.1, 0.15) is 28.9 Å². The number of fused-ring (bicyclic) bond motifs is 1. The third-order valence-corrected chi connectivity index (χ3v) is 5.61. The molecule has 1 aliphatic rings. The first-order valence-corrected chi connectivity index (χ1v) is 9.20. The first-order valence-electron chi connectivity index (χ1n) is 8.39. The number of aromatic nitrogens is 3. The summed E-state index contributed by atoms with van der Waals surface area (Å²) in [6, 6.07) is 8.11. The lowest BCUT2D eigenvalue weighted by Gasteiger charge is -2.32. The first kappa shape index (κ1) is 16.0. The number of carbonyl (C=O) groups excluding carboxylic acids is 1. The largest absolute Gasteiger partial charge is 0.348 e. The fraction of sp³-hybridized carbons (Fsp3) is 0.333. The zero-order valence-electron chi connectivity index (χ0n) is 14.0. The average molecular weight is 353 g/mol. The monoisotopic (exact) mass is 353 g/mol. The highest BCUT2D eigenvalue weighted by molar-refractivity contribution is 7.22. The van der Waals surface area contributed by atoms with Crippen LogP contribution in [0.4, 0.5) is 5.13 Å². The summed E-state index contributed by atoms with van der Waals surface area (Å²) in [5.41, 5.74) is 2.73. The van der Waals surface area contributed by atoms with Gasteiger partial charge in [0.15, 0.2) is 5.13 Å². The molecule has 0 bridgehead atoms. The van der Waals surface area contributed by atoms with E-state index in [0.717, 1.165) is 36.6 Å². The Morgan fingerprint density at radius 1 is 1.28 bits per heavy atom. The fourth-order valence-electron chi connectivity index (χ4n) is 3.11. The number of amides is 1. The number of benzene rings is 1. The van der Waals surface area contributed by atoms with Crippen molar-refractivity contribution in [2.45, 2.75) is 25.8 Å². The van der Waals surface area contributed by atoms with Gasteiger partial charge in [0.25, 0.3) is 5.91 Å². The van der Waals surface area contributed by atoms with Crippen LogP contribution < -0.4 is 10.2 Å². The maximum atomic E-state index is 12.2. The van der Waals surface area contributed by atoms with Crippen LogP contribution >= 0.6 is 11.3 Å². The van der Waals surface area contributed by atoms with Crippen molar-refractivity contribution in [3.05, 3.63) is 48.0 Å². The number of rotatable bonds is 3. The van der Waals surface area contributed by atoms with E-state index in [9.17, 15) is 4.79 Å². The lowest BCUT2D eigenvalue weighted by molar-refractivity contribution is 0.0926. The number of piperidine rings is 1. The van der Waals surface area contributed by atoms with E-state index in [1.165, 1.54) is 16.6 Å². The molecular formula is C18H19N5OS. The number of nitrogens with one attached hydrogen (secondary N) is 1. The summed E-state index contributed by atoms with van der Waals surface area (Å²) in [5, 5.41) is 4.14. The van der Waals surface area contributed by atoms with E-state index < -0.39 is 0 Å². The van der Waals surface area contributed by atoms with Gasteiger partial charge in [0.05, 0.1) is 10.2 Å². The Balaban J connectivity index is 1.39. The van der Waals surface area contributed by atoms with Crippen molar-refractivity contribution in [1.82, 2.24) is 20.3 Å². The highest BCUT2D eigenvalue weighted by atomic mass is 32.1. The third-order valence-electron chi connectivity index (χ3n) is 4.52. The van der Waals surface area contributed by atoms with E-state index in [4.69, 9.17) is 4.98 Å². The molecule has 0 aliphatic carbocycles. The number of anilines is 1. The van der Waals surface area contributed by atoms with E-state index in [1.807, 2.05) is 0 Å². The summed E-state index contributed by atoms with van der Waals surface area (Å²) in [4.78, 5) is 27.2. The molecule has 0 atom stereocenters. The fourth-order valence-corrected chi connectivity index (χ4v) is 4.20. The second-order valence-corrected chi connectivity index (χ2v) is 7.26. The molecular weight excluding hydrogens is 334 g/mol. The van der Waals surface area contributed by atoms with E-state index in [2.05, 4.69) is 45.3 Å².